The van der Waals surface area contributed by atoms with E-state index in [1.165, 1.54) is 29.3 Å². The van der Waals surface area contributed by atoms with Crippen LogP contribution in [-0.4, -0.2) is 67.7 Å². The smallest absolute Gasteiger partial charge is 0.356 e. The number of hydrogen-bond acceptors (Lipinski definition) is 6. The molecule has 11 heteroatoms. The van der Waals surface area contributed by atoms with Gasteiger partial charge >= 0.3 is 12.0 Å². The lowest BCUT2D eigenvalue weighted by Gasteiger charge is -2.38. The van der Waals surface area contributed by atoms with Crippen LogP contribution in [0.3, 0.4) is 0 Å². The third kappa shape index (κ3) is 5.48. The number of nitrogens with zero attached hydrogens (tertiary/aromatic N) is 4. The van der Waals surface area contributed by atoms with Crippen LogP contribution in [0.15, 0.2) is 54.7 Å². The number of piperazine rings is 1. The van der Waals surface area contributed by atoms with Crippen LogP contribution in [0.25, 0.3) is 0 Å². The second-order valence-corrected chi connectivity index (χ2v) is 7.93. The molecule has 0 spiro atoms. The van der Waals surface area contributed by atoms with Crippen molar-refractivity contribution in [1.29, 1.82) is 0 Å². The average Bonchev–Trinajstić information content (AvgIpc) is 3.25. The van der Waals surface area contributed by atoms with Gasteiger partial charge in [0, 0.05) is 43.5 Å². The number of ether oxygens (including phenoxy) is 1. The zero-order valence-corrected chi connectivity index (χ0v) is 18.0. The largest absolute Gasteiger partial charge is 0.476 e. The summed E-state index contributed by atoms with van der Waals surface area (Å²) in [4.78, 5) is 26.6. The molecule has 1 saturated heterocycles. The molecule has 1 atom stereocenters. The third-order valence-electron chi connectivity index (χ3n) is 5.07. The SMILES string of the molecule is O=C(O)c1ccn(C(=O)N2CCN(Cc3cc(F)cc(Oc4ccc(Cl)cc4)c3)C[C@H]2O)n1. The lowest BCUT2D eigenvalue weighted by Crippen LogP contribution is -2.55. The Labute approximate surface area is 193 Å². The molecule has 2 N–H and O–H groups in total. The Morgan fingerprint density at radius 1 is 1.12 bits per heavy atom. The van der Waals surface area contributed by atoms with Crippen molar-refractivity contribution in [3.05, 3.63) is 76.8 Å². The van der Waals surface area contributed by atoms with Crippen LogP contribution < -0.4 is 4.74 Å². The van der Waals surface area contributed by atoms with Gasteiger partial charge in [-0.1, -0.05) is 11.6 Å². The molecule has 1 fully saturated rings. The van der Waals surface area contributed by atoms with Crippen LogP contribution >= 0.6 is 11.6 Å². The fourth-order valence-electron chi connectivity index (χ4n) is 3.53. The van der Waals surface area contributed by atoms with Crippen molar-refractivity contribution in [1.82, 2.24) is 19.6 Å². The summed E-state index contributed by atoms with van der Waals surface area (Å²) in [7, 11) is 0. The Bertz CT molecular complexity index is 1170. The quantitative estimate of drug-likeness (QED) is 0.584. The minimum Gasteiger partial charge on any atom is -0.476 e. The van der Waals surface area contributed by atoms with Crippen LogP contribution in [0, 0.1) is 5.82 Å². The molecule has 0 unspecified atom stereocenters. The van der Waals surface area contributed by atoms with Gasteiger partial charge in [-0.05, 0) is 48.0 Å². The fraction of sp³-hybridized carbons (Fsp3) is 0.227. The molecule has 1 aliphatic heterocycles. The molecule has 2 heterocycles. The van der Waals surface area contributed by atoms with E-state index in [2.05, 4.69) is 5.10 Å². The van der Waals surface area contributed by atoms with Gasteiger partial charge in [-0.25, -0.2) is 14.0 Å². The van der Waals surface area contributed by atoms with E-state index in [0.29, 0.717) is 35.2 Å². The van der Waals surface area contributed by atoms with Crippen molar-refractivity contribution in [2.45, 2.75) is 12.8 Å². The predicted molar refractivity (Wildman–Crippen MR) is 116 cm³/mol. The number of carboxylic acid groups (broad SMARTS) is 1. The molecule has 1 amide bonds. The number of hydrogen-bond donors (Lipinski definition) is 2. The normalized spacial score (nSPS) is 16.6. The van der Waals surface area contributed by atoms with Crippen molar-refractivity contribution in [2.75, 3.05) is 19.6 Å². The average molecular weight is 475 g/mol. The number of aromatic carboxylic acids is 1. The Morgan fingerprint density at radius 3 is 2.55 bits per heavy atom. The van der Waals surface area contributed by atoms with E-state index in [-0.39, 0.29) is 18.8 Å². The van der Waals surface area contributed by atoms with E-state index in [0.717, 1.165) is 4.68 Å². The molecular weight excluding hydrogens is 455 g/mol. The lowest BCUT2D eigenvalue weighted by atomic mass is 10.1. The van der Waals surface area contributed by atoms with Crippen LogP contribution in [0.1, 0.15) is 16.1 Å². The molecule has 2 aromatic carbocycles. The van der Waals surface area contributed by atoms with Crippen LogP contribution in [0.5, 0.6) is 11.5 Å². The van der Waals surface area contributed by atoms with E-state index in [9.17, 15) is 19.1 Å². The molecule has 0 bridgehead atoms. The number of halogens is 2. The first-order valence-electron chi connectivity index (χ1n) is 10.0. The highest BCUT2D eigenvalue weighted by Crippen LogP contribution is 2.26. The maximum Gasteiger partial charge on any atom is 0.356 e. The van der Waals surface area contributed by atoms with Gasteiger partial charge in [0.2, 0.25) is 0 Å². The van der Waals surface area contributed by atoms with Crippen molar-refractivity contribution in [3.8, 4) is 11.5 Å². The summed E-state index contributed by atoms with van der Waals surface area (Å²) in [6, 6.07) is 11.6. The second-order valence-electron chi connectivity index (χ2n) is 7.49. The number of carbonyl (C=O) groups excluding carboxylic acids is 1. The highest BCUT2D eigenvalue weighted by molar-refractivity contribution is 6.30. The zero-order valence-electron chi connectivity index (χ0n) is 17.3. The van der Waals surface area contributed by atoms with Gasteiger partial charge in [-0.15, -0.1) is 0 Å². The van der Waals surface area contributed by atoms with Crippen molar-refractivity contribution in [2.24, 2.45) is 0 Å². The highest BCUT2D eigenvalue weighted by atomic mass is 35.5. The predicted octanol–water partition coefficient (Wildman–Crippen LogP) is 3.27. The summed E-state index contributed by atoms with van der Waals surface area (Å²) < 4.78 is 20.8. The van der Waals surface area contributed by atoms with Crippen molar-refractivity contribution >= 4 is 23.6 Å². The zero-order chi connectivity index (χ0) is 23.5. The molecule has 0 radical (unpaired) electrons. The summed E-state index contributed by atoms with van der Waals surface area (Å²) in [5.41, 5.74) is 0.378. The Hall–Kier alpha value is -3.47. The number of carbonyl (C=O) groups is 2. The molecule has 0 saturated carbocycles. The Morgan fingerprint density at radius 2 is 1.88 bits per heavy atom. The second kappa shape index (κ2) is 9.57. The van der Waals surface area contributed by atoms with Gasteiger partial charge in [-0.2, -0.15) is 9.78 Å². The van der Waals surface area contributed by atoms with Crippen LogP contribution in [0.4, 0.5) is 9.18 Å². The lowest BCUT2D eigenvalue weighted by molar-refractivity contribution is -0.0329. The van der Waals surface area contributed by atoms with Gasteiger partial charge in [0.1, 0.15) is 23.5 Å². The minimum atomic E-state index is -1.25. The molecule has 3 aromatic rings. The first kappa shape index (κ1) is 22.7. The maximum absolute atomic E-state index is 14.2. The number of aromatic nitrogens is 2. The first-order valence-corrected chi connectivity index (χ1v) is 10.4. The number of aliphatic hydroxyl groups is 1. The topological polar surface area (TPSA) is 108 Å². The van der Waals surface area contributed by atoms with E-state index in [1.807, 2.05) is 4.90 Å². The molecule has 1 aliphatic rings. The summed E-state index contributed by atoms with van der Waals surface area (Å²) in [6.45, 7) is 1.06. The maximum atomic E-state index is 14.2. The van der Waals surface area contributed by atoms with Gasteiger partial charge in [0.25, 0.3) is 0 Å². The first-order chi connectivity index (χ1) is 15.8. The van der Waals surface area contributed by atoms with Crippen LogP contribution in [0.2, 0.25) is 5.02 Å². The molecule has 4 rings (SSSR count). The van der Waals surface area contributed by atoms with Gasteiger partial charge in [0.15, 0.2) is 5.69 Å². The summed E-state index contributed by atoms with van der Waals surface area (Å²) >= 11 is 5.87. The van der Waals surface area contributed by atoms with E-state index in [4.69, 9.17) is 21.4 Å². The number of benzene rings is 2. The molecule has 9 nitrogen and oxygen atoms in total. The highest BCUT2D eigenvalue weighted by Gasteiger charge is 2.30. The van der Waals surface area contributed by atoms with E-state index < -0.39 is 24.0 Å². The number of rotatable bonds is 5. The molecule has 0 aliphatic carbocycles. The Balaban J connectivity index is 1.39. The number of aliphatic hydroxyl groups excluding tert-OH is 1. The van der Waals surface area contributed by atoms with Gasteiger partial charge in [-0.3, -0.25) is 9.80 Å². The summed E-state index contributed by atoms with van der Waals surface area (Å²) in [6.07, 6.45) is 0.0990. The number of amides is 1. The standard InChI is InChI=1S/C22H20ClFN4O5/c23-15-1-3-17(4-2-15)33-18-10-14(9-16(24)11-18)12-26-7-8-27(20(29)13-26)22(32)28-6-5-19(25-28)21(30)31/h1-6,9-11,20,29H,7-8,12-13H2,(H,30,31)/t20-/m1/s1. The van der Waals surface area contributed by atoms with Crippen molar-refractivity contribution in [3.63, 3.8) is 0 Å². The molecule has 33 heavy (non-hydrogen) atoms. The minimum absolute atomic E-state index is 0.128. The van der Waals surface area contributed by atoms with Gasteiger partial charge < -0.3 is 14.9 Å². The molecule has 172 valence electrons. The number of β-amino-alcohol motifs (C(OH)–C–C–N with tert-alkyl or cyclic N) is 1. The van der Waals surface area contributed by atoms with Gasteiger partial charge in [0.05, 0.1) is 0 Å². The molecular formula is C22H20ClFN4O5. The van der Waals surface area contributed by atoms with E-state index in [1.54, 1.807) is 30.3 Å². The third-order valence-corrected chi connectivity index (χ3v) is 5.33. The Kier molecular flexibility index (Phi) is 6.59. The fourth-order valence-corrected chi connectivity index (χ4v) is 3.66. The summed E-state index contributed by atoms with van der Waals surface area (Å²) in [5, 5.41) is 23.7. The summed E-state index contributed by atoms with van der Waals surface area (Å²) in [5.74, 6) is -0.863. The van der Waals surface area contributed by atoms with Crippen molar-refractivity contribution < 1.29 is 28.9 Å². The van der Waals surface area contributed by atoms with E-state index >= 15 is 0 Å². The molecule has 1 aromatic heterocycles. The van der Waals surface area contributed by atoms with Crippen LogP contribution in [-0.2, 0) is 6.54 Å². The number of carboxylic acids is 1. The monoisotopic (exact) mass is 474 g/mol.